The van der Waals surface area contributed by atoms with E-state index in [0.29, 0.717) is 15.4 Å². The molecule has 0 radical (unpaired) electrons. The van der Waals surface area contributed by atoms with Crippen LogP contribution in [-0.2, 0) is 0 Å². The summed E-state index contributed by atoms with van der Waals surface area (Å²) >= 11 is 7.26. The number of aromatic amines is 1. The lowest BCUT2D eigenvalue weighted by Gasteiger charge is -1.99. The summed E-state index contributed by atoms with van der Waals surface area (Å²) in [7, 11) is 0. The zero-order valence-electron chi connectivity index (χ0n) is 7.45. The molecule has 0 fully saturated rings. The number of nitrogens with one attached hydrogen (secondary N) is 1. The molecule has 0 aliphatic rings. The van der Waals surface area contributed by atoms with Gasteiger partial charge in [-0.2, -0.15) is 0 Å². The van der Waals surface area contributed by atoms with Crippen molar-refractivity contribution in [3.8, 4) is 0 Å². The van der Waals surface area contributed by atoms with Crippen LogP contribution in [0.4, 0.5) is 0 Å². The summed E-state index contributed by atoms with van der Waals surface area (Å²) in [5, 5.41) is 1.43. The molecule has 15 heavy (non-hydrogen) atoms. The first kappa shape index (κ1) is 8.88. The number of pyridine rings is 1. The topological polar surface area (TPSA) is 45.8 Å². The second-order valence-electron chi connectivity index (χ2n) is 3.14. The highest BCUT2D eigenvalue weighted by molar-refractivity contribution is 7.16. The van der Waals surface area contributed by atoms with Crippen molar-refractivity contribution in [2.24, 2.45) is 0 Å². The quantitative estimate of drug-likeness (QED) is 0.652. The van der Waals surface area contributed by atoms with E-state index in [0.717, 1.165) is 22.2 Å². The highest BCUT2D eigenvalue weighted by Crippen LogP contribution is 2.29. The Hall–Kier alpha value is -1.39. The number of halogens is 1. The molecule has 0 aliphatic carbocycles. The number of para-hydroxylation sites is 1. The van der Waals surface area contributed by atoms with E-state index in [1.807, 2.05) is 24.3 Å². The summed E-state index contributed by atoms with van der Waals surface area (Å²) in [5.74, 6) is 0. The normalized spacial score (nSPS) is 11.3. The van der Waals surface area contributed by atoms with E-state index in [2.05, 4.69) is 9.97 Å². The number of fused-ring (bicyclic) bond motifs is 2. The Kier molecular flexibility index (Phi) is 1.81. The van der Waals surface area contributed by atoms with Crippen LogP contribution in [-0.4, -0.2) is 9.97 Å². The Morgan fingerprint density at radius 2 is 2.13 bits per heavy atom. The Morgan fingerprint density at radius 1 is 1.33 bits per heavy atom. The van der Waals surface area contributed by atoms with Crippen molar-refractivity contribution in [1.29, 1.82) is 0 Å². The molecule has 74 valence electrons. The van der Waals surface area contributed by atoms with Crippen LogP contribution in [0.2, 0.25) is 5.02 Å². The minimum absolute atomic E-state index is 0.130. The summed E-state index contributed by atoms with van der Waals surface area (Å²) < 4.78 is 0. The molecule has 3 rings (SSSR count). The molecule has 1 N–H and O–H groups in total. The fraction of sp³-hybridized carbons (Fsp3) is 0. The molecule has 2 aromatic heterocycles. The summed E-state index contributed by atoms with van der Waals surface area (Å²) in [6, 6.07) is 7.56. The lowest BCUT2D eigenvalue weighted by molar-refractivity contribution is 1.40. The standard InChI is InChI=1S/C10H5ClN2OS/c11-7-5-3-1-2-4-6(5)12-9-8(7)13-10(14)15-9/h1-4H,(H,13,14). The molecule has 0 saturated heterocycles. The molecule has 5 heteroatoms. The molecule has 0 aliphatic heterocycles. The van der Waals surface area contributed by atoms with Crippen molar-refractivity contribution in [3.63, 3.8) is 0 Å². The number of hydrogen-bond donors (Lipinski definition) is 1. The van der Waals surface area contributed by atoms with E-state index in [4.69, 9.17) is 11.6 Å². The van der Waals surface area contributed by atoms with Gasteiger partial charge in [-0.1, -0.05) is 41.1 Å². The maximum absolute atomic E-state index is 11.2. The van der Waals surface area contributed by atoms with E-state index in [-0.39, 0.29) is 4.87 Å². The van der Waals surface area contributed by atoms with Gasteiger partial charge in [0.05, 0.1) is 16.1 Å². The highest BCUT2D eigenvalue weighted by Gasteiger charge is 2.09. The molecule has 0 spiro atoms. The number of benzene rings is 1. The Bertz CT molecular complexity index is 716. The molecule has 2 heterocycles. The fourth-order valence-electron chi connectivity index (χ4n) is 1.55. The van der Waals surface area contributed by atoms with Gasteiger partial charge < -0.3 is 4.98 Å². The van der Waals surface area contributed by atoms with E-state index < -0.39 is 0 Å². The van der Waals surface area contributed by atoms with Gasteiger partial charge in [-0.3, -0.25) is 4.79 Å². The van der Waals surface area contributed by atoms with E-state index in [1.54, 1.807) is 0 Å². The van der Waals surface area contributed by atoms with Crippen LogP contribution in [0.25, 0.3) is 21.3 Å². The maximum Gasteiger partial charge on any atom is 0.307 e. The van der Waals surface area contributed by atoms with Crippen LogP contribution in [0, 0.1) is 0 Å². The Balaban J connectivity index is 2.64. The summed E-state index contributed by atoms with van der Waals surface area (Å²) in [4.78, 5) is 18.8. The molecule has 3 nitrogen and oxygen atoms in total. The molecule has 1 aromatic carbocycles. The van der Waals surface area contributed by atoms with E-state index >= 15 is 0 Å². The molecule has 0 amide bonds. The Morgan fingerprint density at radius 3 is 3.00 bits per heavy atom. The predicted octanol–water partition coefficient (Wildman–Crippen LogP) is 2.79. The molecule has 0 atom stereocenters. The predicted molar refractivity (Wildman–Crippen MR) is 62.8 cm³/mol. The minimum Gasteiger partial charge on any atom is -0.310 e. The van der Waals surface area contributed by atoms with Crippen LogP contribution in [0.15, 0.2) is 29.1 Å². The van der Waals surface area contributed by atoms with Crippen molar-refractivity contribution in [3.05, 3.63) is 39.0 Å². The van der Waals surface area contributed by atoms with E-state index in [9.17, 15) is 4.79 Å². The maximum atomic E-state index is 11.2. The van der Waals surface area contributed by atoms with Crippen molar-refractivity contribution in [2.45, 2.75) is 0 Å². The van der Waals surface area contributed by atoms with Gasteiger partial charge in [0.15, 0.2) is 0 Å². The third kappa shape index (κ3) is 1.26. The van der Waals surface area contributed by atoms with Crippen LogP contribution >= 0.6 is 22.9 Å². The van der Waals surface area contributed by atoms with Crippen molar-refractivity contribution < 1.29 is 0 Å². The largest absolute Gasteiger partial charge is 0.310 e. The number of rotatable bonds is 0. The minimum atomic E-state index is -0.130. The molecular weight excluding hydrogens is 232 g/mol. The number of nitrogens with zero attached hydrogens (tertiary/aromatic N) is 1. The summed E-state index contributed by atoms with van der Waals surface area (Å²) in [6.07, 6.45) is 0. The summed E-state index contributed by atoms with van der Waals surface area (Å²) in [5.41, 5.74) is 1.44. The van der Waals surface area contributed by atoms with Crippen LogP contribution < -0.4 is 4.87 Å². The van der Waals surface area contributed by atoms with Crippen molar-refractivity contribution in [2.75, 3.05) is 0 Å². The van der Waals surface area contributed by atoms with Gasteiger partial charge >= 0.3 is 4.87 Å². The second-order valence-corrected chi connectivity index (χ2v) is 4.48. The van der Waals surface area contributed by atoms with Crippen LogP contribution in [0.5, 0.6) is 0 Å². The highest BCUT2D eigenvalue weighted by atomic mass is 35.5. The monoisotopic (exact) mass is 236 g/mol. The van der Waals surface area contributed by atoms with Gasteiger partial charge in [0.1, 0.15) is 4.83 Å². The third-order valence-electron chi connectivity index (χ3n) is 2.21. The second kappa shape index (κ2) is 3.05. The number of hydrogen-bond acceptors (Lipinski definition) is 3. The number of thiazole rings is 1. The SMILES string of the molecule is O=c1[nH]c2c(Cl)c3ccccc3nc2s1. The van der Waals surface area contributed by atoms with Gasteiger partial charge in [-0.25, -0.2) is 4.98 Å². The first-order valence-electron chi connectivity index (χ1n) is 4.33. The van der Waals surface area contributed by atoms with E-state index in [1.165, 1.54) is 0 Å². The third-order valence-corrected chi connectivity index (χ3v) is 3.38. The molecule has 0 saturated carbocycles. The van der Waals surface area contributed by atoms with Gasteiger partial charge in [-0.05, 0) is 6.07 Å². The molecular formula is C10H5ClN2OS. The number of H-pyrrole nitrogens is 1. The molecule has 0 bridgehead atoms. The Labute approximate surface area is 93.3 Å². The smallest absolute Gasteiger partial charge is 0.307 e. The van der Waals surface area contributed by atoms with Gasteiger partial charge in [0.25, 0.3) is 0 Å². The lowest BCUT2D eigenvalue weighted by Crippen LogP contribution is -1.90. The average molecular weight is 237 g/mol. The van der Waals surface area contributed by atoms with Crippen LogP contribution in [0.1, 0.15) is 0 Å². The van der Waals surface area contributed by atoms with Gasteiger partial charge in [-0.15, -0.1) is 0 Å². The van der Waals surface area contributed by atoms with Crippen LogP contribution in [0.3, 0.4) is 0 Å². The van der Waals surface area contributed by atoms with Crippen molar-refractivity contribution in [1.82, 2.24) is 9.97 Å². The molecule has 0 unspecified atom stereocenters. The number of aromatic nitrogens is 2. The van der Waals surface area contributed by atoms with Gasteiger partial charge in [0.2, 0.25) is 0 Å². The first-order chi connectivity index (χ1) is 7.25. The van der Waals surface area contributed by atoms with Crippen molar-refractivity contribution >= 4 is 44.2 Å². The lowest BCUT2D eigenvalue weighted by atomic mass is 10.2. The fourth-order valence-corrected chi connectivity index (χ4v) is 2.63. The molecule has 3 aromatic rings. The average Bonchev–Trinajstić information content (AvgIpc) is 2.59. The summed E-state index contributed by atoms with van der Waals surface area (Å²) in [6.45, 7) is 0. The first-order valence-corrected chi connectivity index (χ1v) is 5.52. The zero-order valence-corrected chi connectivity index (χ0v) is 9.02. The zero-order chi connectivity index (χ0) is 10.4. The van der Waals surface area contributed by atoms with Gasteiger partial charge in [0, 0.05) is 5.39 Å².